The molecule has 0 radical (unpaired) electrons. The minimum Gasteiger partial charge on any atom is -0.342 e. The highest BCUT2D eigenvalue weighted by atomic mass is 16.2. The first-order valence-corrected chi connectivity index (χ1v) is 12.1. The van der Waals surface area contributed by atoms with E-state index >= 15 is 0 Å². The first-order valence-electron chi connectivity index (χ1n) is 12.1. The van der Waals surface area contributed by atoms with Gasteiger partial charge in [-0.15, -0.1) is 0 Å². The third kappa shape index (κ3) is 4.52. The fraction of sp³-hybridized carbons (Fsp3) is 0.792. The number of piperidine rings is 1. The second-order valence-electron chi connectivity index (χ2n) is 9.84. The molecule has 1 aromatic rings. The summed E-state index contributed by atoms with van der Waals surface area (Å²) in [6, 6.07) is -0.0936. The Bertz CT molecular complexity index is 759. The minimum absolute atomic E-state index is 0.0530. The van der Waals surface area contributed by atoms with Crippen molar-refractivity contribution in [3.05, 3.63) is 17.0 Å². The van der Waals surface area contributed by atoms with Gasteiger partial charge in [-0.2, -0.15) is 5.10 Å². The van der Waals surface area contributed by atoms with E-state index in [0.29, 0.717) is 31.7 Å². The van der Waals surface area contributed by atoms with Crippen molar-refractivity contribution >= 4 is 11.8 Å². The summed E-state index contributed by atoms with van der Waals surface area (Å²) < 4.78 is 0. The number of piperazine rings is 1. The van der Waals surface area contributed by atoms with Crippen LogP contribution in [0.2, 0.25) is 0 Å². The number of amides is 2. The number of hydrogen-bond acceptors (Lipinski definition) is 4. The van der Waals surface area contributed by atoms with Crippen LogP contribution in [-0.2, 0) is 9.59 Å². The Labute approximate surface area is 187 Å². The predicted molar refractivity (Wildman–Crippen MR) is 123 cm³/mol. The van der Waals surface area contributed by atoms with Crippen molar-refractivity contribution in [2.75, 3.05) is 19.6 Å². The number of rotatable bonds is 8. The van der Waals surface area contributed by atoms with Crippen molar-refractivity contribution in [3.63, 3.8) is 0 Å². The Hall–Kier alpha value is -1.89. The highest BCUT2D eigenvalue weighted by molar-refractivity contribution is 6.00. The highest BCUT2D eigenvalue weighted by Crippen LogP contribution is 2.38. The molecule has 0 bridgehead atoms. The molecule has 2 atom stereocenters. The van der Waals surface area contributed by atoms with Gasteiger partial charge >= 0.3 is 0 Å². The Morgan fingerprint density at radius 3 is 2.35 bits per heavy atom. The minimum atomic E-state index is -0.699. The number of carbonyl (C=O) groups excluding carboxylic acids is 2. The predicted octanol–water partition coefficient (Wildman–Crippen LogP) is 3.49. The number of nitrogens with one attached hydrogen (secondary N) is 2. The van der Waals surface area contributed by atoms with Gasteiger partial charge in [0.05, 0.1) is 5.69 Å². The van der Waals surface area contributed by atoms with E-state index in [2.05, 4.69) is 62.0 Å². The number of aryl methyl sites for hydroxylation is 2. The van der Waals surface area contributed by atoms with Crippen LogP contribution in [0.5, 0.6) is 0 Å². The Kier molecular flexibility index (Phi) is 7.45. The van der Waals surface area contributed by atoms with E-state index in [4.69, 9.17) is 0 Å². The topological polar surface area (TPSA) is 81.3 Å². The van der Waals surface area contributed by atoms with E-state index < -0.39 is 5.54 Å². The lowest BCUT2D eigenvalue weighted by atomic mass is 9.80. The number of H-pyrrole nitrogens is 1. The third-order valence-corrected chi connectivity index (χ3v) is 7.22. The lowest BCUT2D eigenvalue weighted by Gasteiger charge is -2.52. The molecule has 2 N–H and O–H groups in total. The van der Waals surface area contributed by atoms with Crippen molar-refractivity contribution in [2.24, 2.45) is 5.92 Å². The molecule has 174 valence electrons. The van der Waals surface area contributed by atoms with Gasteiger partial charge in [-0.1, -0.05) is 34.1 Å². The van der Waals surface area contributed by atoms with Crippen LogP contribution < -0.4 is 5.32 Å². The second-order valence-corrected chi connectivity index (χ2v) is 9.84. The lowest BCUT2D eigenvalue weighted by Crippen LogP contribution is -2.73. The fourth-order valence-corrected chi connectivity index (χ4v) is 5.55. The van der Waals surface area contributed by atoms with Gasteiger partial charge in [0.25, 0.3) is 0 Å². The standard InChI is InChI=1S/C24H41N5O2/c1-7-9-12-29-22(30)19(15-16(3)4)25-23(31)24(29)10-13-28(14-11-24)20(8-2)21-17(5)26-27-18(21)6/h16,19-20H,7-15H2,1-6H3,(H,25,31)(H,26,27)/t19-,20?/m0/s1. The molecular formula is C24H41N5O2. The zero-order valence-electron chi connectivity index (χ0n) is 20.3. The zero-order valence-corrected chi connectivity index (χ0v) is 20.3. The van der Waals surface area contributed by atoms with E-state index in [1.54, 1.807) is 0 Å². The van der Waals surface area contributed by atoms with Crippen molar-refractivity contribution in [1.82, 2.24) is 25.3 Å². The number of nitrogens with zero attached hydrogens (tertiary/aromatic N) is 3. The van der Waals surface area contributed by atoms with E-state index in [1.165, 1.54) is 5.56 Å². The van der Waals surface area contributed by atoms with Gasteiger partial charge in [-0.05, 0) is 51.9 Å². The van der Waals surface area contributed by atoms with Crippen molar-refractivity contribution in [3.8, 4) is 0 Å². The quantitative estimate of drug-likeness (QED) is 0.660. The van der Waals surface area contributed by atoms with Crippen LogP contribution in [0.25, 0.3) is 0 Å². The van der Waals surface area contributed by atoms with Crippen molar-refractivity contribution in [1.29, 1.82) is 0 Å². The summed E-state index contributed by atoms with van der Waals surface area (Å²) in [5, 5.41) is 10.6. The number of hydrogen-bond donors (Lipinski definition) is 2. The number of aromatic amines is 1. The molecule has 1 spiro atoms. The SMILES string of the molecule is CCCCN1C(=O)[C@H](CC(C)C)NC(=O)C12CCN(C(CC)c1c(C)n[nH]c1C)CC2. The number of likely N-dealkylation sites (tertiary alicyclic amines) is 1. The largest absolute Gasteiger partial charge is 0.342 e. The smallest absolute Gasteiger partial charge is 0.246 e. The fourth-order valence-electron chi connectivity index (χ4n) is 5.55. The van der Waals surface area contributed by atoms with Gasteiger partial charge in [0, 0.05) is 36.9 Å². The molecule has 3 heterocycles. The number of unbranched alkanes of at least 4 members (excludes halogenated alkanes) is 1. The normalized spacial score (nSPS) is 22.9. The second kappa shape index (κ2) is 9.72. The molecule has 2 fully saturated rings. The molecular weight excluding hydrogens is 390 g/mol. The molecule has 2 saturated heterocycles. The molecule has 0 aromatic carbocycles. The summed E-state index contributed by atoms with van der Waals surface area (Å²) >= 11 is 0. The van der Waals surface area contributed by atoms with Crippen molar-refractivity contribution in [2.45, 2.75) is 97.7 Å². The maximum atomic E-state index is 13.4. The maximum absolute atomic E-state index is 13.4. The summed E-state index contributed by atoms with van der Waals surface area (Å²) in [6.07, 6.45) is 5.02. The van der Waals surface area contributed by atoms with Crippen LogP contribution in [0.4, 0.5) is 0 Å². The Balaban J connectivity index is 1.81. The first kappa shape index (κ1) is 23.8. The average molecular weight is 432 g/mol. The molecule has 3 rings (SSSR count). The van der Waals surface area contributed by atoms with Gasteiger partial charge in [0.1, 0.15) is 11.6 Å². The summed E-state index contributed by atoms with van der Waals surface area (Å²) in [4.78, 5) is 31.3. The van der Waals surface area contributed by atoms with Crippen LogP contribution in [0.3, 0.4) is 0 Å². The molecule has 7 nitrogen and oxygen atoms in total. The van der Waals surface area contributed by atoms with Crippen molar-refractivity contribution < 1.29 is 9.59 Å². The molecule has 1 unspecified atom stereocenters. The van der Waals surface area contributed by atoms with Gasteiger partial charge in [-0.25, -0.2) is 0 Å². The van der Waals surface area contributed by atoms with Gasteiger partial charge in [0.2, 0.25) is 11.8 Å². The van der Waals surface area contributed by atoms with Crippen LogP contribution in [-0.4, -0.2) is 63.0 Å². The van der Waals surface area contributed by atoms with E-state index in [-0.39, 0.29) is 23.9 Å². The number of aromatic nitrogens is 2. The Morgan fingerprint density at radius 2 is 1.84 bits per heavy atom. The zero-order chi connectivity index (χ0) is 22.8. The molecule has 2 aliphatic heterocycles. The van der Waals surface area contributed by atoms with Gasteiger partial charge in [0.15, 0.2) is 0 Å². The molecule has 1 aromatic heterocycles. The van der Waals surface area contributed by atoms with Crippen LogP contribution in [0.15, 0.2) is 0 Å². The average Bonchev–Trinajstić information content (AvgIpc) is 3.06. The first-order chi connectivity index (χ1) is 14.7. The molecule has 7 heteroatoms. The molecule has 31 heavy (non-hydrogen) atoms. The van der Waals surface area contributed by atoms with Crippen LogP contribution in [0, 0.1) is 19.8 Å². The summed E-state index contributed by atoms with van der Waals surface area (Å²) in [6.45, 7) is 15.0. The summed E-state index contributed by atoms with van der Waals surface area (Å²) in [5.41, 5.74) is 2.75. The van der Waals surface area contributed by atoms with Gasteiger partial charge in [-0.3, -0.25) is 19.6 Å². The van der Waals surface area contributed by atoms with Crippen LogP contribution >= 0.6 is 0 Å². The molecule has 2 aliphatic rings. The summed E-state index contributed by atoms with van der Waals surface area (Å²) in [7, 11) is 0. The van der Waals surface area contributed by atoms with Gasteiger partial charge < -0.3 is 10.2 Å². The maximum Gasteiger partial charge on any atom is 0.246 e. The van der Waals surface area contributed by atoms with Crippen LogP contribution in [0.1, 0.15) is 89.2 Å². The highest BCUT2D eigenvalue weighted by Gasteiger charge is 2.53. The van der Waals surface area contributed by atoms with E-state index in [9.17, 15) is 9.59 Å². The lowest BCUT2D eigenvalue weighted by molar-refractivity contribution is -0.162. The number of carbonyl (C=O) groups is 2. The Morgan fingerprint density at radius 1 is 1.16 bits per heavy atom. The molecule has 0 aliphatic carbocycles. The molecule has 0 saturated carbocycles. The molecule has 2 amide bonds. The third-order valence-electron chi connectivity index (χ3n) is 7.22. The summed E-state index contributed by atoms with van der Waals surface area (Å²) in [5.74, 6) is 0.533. The monoisotopic (exact) mass is 431 g/mol. The van der Waals surface area contributed by atoms with E-state index in [0.717, 1.165) is 43.7 Å². The van der Waals surface area contributed by atoms with E-state index in [1.807, 2.05) is 4.90 Å².